The predicted octanol–water partition coefficient (Wildman–Crippen LogP) is 2.74. The van der Waals surface area contributed by atoms with E-state index in [4.69, 9.17) is 17.3 Å². The lowest BCUT2D eigenvalue weighted by Crippen LogP contribution is -1.93. The van der Waals surface area contributed by atoms with Crippen LogP contribution in [0.25, 0.3) is 0 Å². The largest absolute Gasteiger partial charge is 0.369 e. The average molecular weight is 236 g/mol. The van der Waals surface area contributed by atoms with Crippen LogP contribution in [0.15, 0.2) is 24.3 Å². The van der Waals surface area contributed by atoms with Gasteiger partial charge in [-0.05, 0) is 25.3 Å². The molecule has 2 rings (SSSR count). The van der Waals surface area contributed by atoms with Crippen LogP contribution < -0.4 is 5.73 Å². The number of hydrogen-bond donors (Lipinski definition) is 2. The number of nitrogens with one attached hydrogen (secondary N) is 1. The second-order valence-electron chi connectivity index (χ2n) is 3.88. The highest BCUT2D eigenvalue weighted by atomic mass is 35.5. The van der Waals surface area contributed by atoms with Gasteiger partial charge in [0.15, 0.2) is 11.1 Å². The lowest BCUT2D eigenvalue weighted by Gasteiger charge is -2.01. The minimum Gasteiger partial charge on any atom is -0.369 e. The Balaban J connectivity index is 2.05. The van der Waals surface area contributed by atoms with Gasteiger partial charge in [0.05, 0.1) is 5.69 Å². The van der Waals surface area contributed by atoms with Crippen LogP contribution in [-0.2, 0) is 12.8 Å². The van der Waals surface area contributed by atoms with E-state index in [1.165, 1.54) is 11.1 Å². The van der Waals surface area contributed by atoms with Crippen molar-refractivity contribution in [2.45, 2.75) is 19.8 Å². The van der Waals surface area contributed by atoms with Crippen LogP contribution in [0.4, 0.5) is 5.95 Å². The molecule has 3 N–H and O–H groups in total. The number of imidazole rings is 1. The normalized spacial score (nSPS) is 10.6. The molecule has 0 aliphatic heterocycles. The third kappa shape index (κ3) is 2.55. The third-order valence-electron chi connectivity index (χ3n) is 2.49. The van der Waals surface area contributed by atoms with Gasteiger partial charge in [-0.2, -0.15) is 0 Å². The summed E-state index contributed by atoms with van der Waals surface area (Å²) in [5.41, 5.74) is 8.99. The maximum absolute atomic E-state index is 5.92. The Morgan fingerprint density at radius 3 is 2.81 bits per heavy atom. The molecule has 0 saturated heterocycles. The first kappa shape index (κ1) is 11.0. The molecule has 3 nitrogen and oxygen atoms in total. The summed E-state index contributed by atoms with van der Waals surface area (Å²) in [7, 11) is 0. The molecule has 1 heterocycles. The van der Waals surface area contributed by atoms with Crippen molar-refractivity contribution in [3.05, 3.63) is 46.2 Å². The Labute approximate surface area is 99.7 Å². The van der Waals surface area contributed by atoms with Crippen molar-refractivity contribution < 1.29 is 0 Å². The van der Waals surface area contributed by atoms with E-state index in [1.54, 1.807) is 0 Å². The number of aromatic nitrogens is 2. The molecule has 0 aliphatic rings. The monoisotopic (exact) mass is 235 g/mol. The fourth-order valence-electron chi connectivity index (χ4n) is 1.71. The van der Waals surface area contributed by atoms with E-state index in [0.717, 1.165) is 18.5 Å². The summed E-state index contributed by atoms with van der Waals surface area (Å²) < 4.78 is 0. The fraction of sp³-hybridized carbons (Fsp3) is 0.250. The SMILES string of the molecule is Cc1cccc(CCc2[nH]c(N)nc2Cl)c1. The second-order valence-corrected chi connectivity index (χ2v) is 4.24. The van der Waals surface area contributed by atoms with Gasteiger partial charge in [-0.3, -0.25) is 0 Å². The van der Waals surface area contributed by atoms with Crippen molar-refractivity contribution in [2.24, 2.45) is 0 Å². The maximum atomic E-state index is 5.92. The van der Waals surface area contributed by atoms with E-state index in [0.29, 0.717) is 11.1 Å². The minimum atomic E-state index is 0.379. The van der Waals surface area contributed by atoms with Gasteiger partial charge in [0.1, 0.15) is 0 Å². The van der Waals surface area contributed by atoms with E-state index < -0.39 is 0 Å². The highest BCUT2D eigenvalue weighted by molar-refractivity contribution is 6.30. The molecular weight excluding hydrogens is 222 g/mol. The Bertz CT molecular complexity index is 491. The summed E-state index contributed by atoms with van der Waals surface area (Å²) >= 11 is 5.92. The lowest BCUT2D eigenvalue weighted by molar-refractivity contribution is 0.925. The first-order valence-corrected chi connectivity index (χ1v) is 5.58. The number of aromatic amines is 1. The van der Waals surface area contributed by atoms with Crippen LogP contribution in [-0.4, -0.2) is 9.97 Å². The van der Waals surface area contributed by atoms with E-state index in [-0.39, 0.29) is 0 Å². The predicted molar refractivity (Wildman–Crippen MR) is 66.6 cm³/mol. The molecule has 0 atom stereocenters. The van der Waals surface area contributed by atoms with Crippen molar-refractivity contribution in [3.63, 3.8) is 0 Å². The van der Waals surface area contributed by atoms with Crippen LogP contribution >= 0.6 is 11.6 Å². The molecule has 1 aromatic carbocycles. The second kappa shape index (κ2) is 4.58. The average Bonchev–Trinajstić information content (AvgIpc) is 2.54. The molecular formula is C12H14ClN3. The van der Waals surface area contributed by atoms with E-state index in [9.17, 15) is 0 Å². The lowest BCUT2D eigenvalue weighted by atomic mass is 10.1. The highest BCUT2D eigenvalue weighted by Crippen LogP contribution is 2.16. The molecule has 16 heavy (non-hydrogen) atoms. The number of hydrogen-bond acceptors (Lipinski definition) is 2. The van der Waals surface area contributed by atoms with Gasteiger partial charge in [-0.15, -0.1) is 0 Å². The number of H-pyrrole nitrogens is 1. The molecule has 0 saturated carbocycles. The number of nitrogen functional groups attached to an aromatic ring is 1. The zero-order valence-corrected chi connectivity index (χ0v) is 9.88. The van der Waals surface area contributed by atoms with Gasteiger partial charge in [-0.25, -0.2) is 4.98 Å². The zero-order chi connectivity index (χ0) is 11.5. The number of rotatable bonds is 3. The van der Waals surface area contributed by atoms with Crippen LogP contribution in [0, 0.1) is 6.92 Å². The molecule has 2 aromatic rings. The van der Waals surface area contributed by atoms with Crippen LogP contribution in [0.3, 0.4) is 0 Å². The first-order chi connectivity index (χ1) is 7.65. The summed E-state index contributed by atoms with van der Waals surface area (Å²) in [5, 5.41) is 0.477. The first-order valence-electron chi connectivity index (χ1n) is 5.20. The minimum absolute atomic E-state index is 0.379. The molecule has 0 bridgehead atoms. The topological polar surface area (TPSA) is 54.7 Å². The van der Waals surface area contributed by atoms with Gasteiger partial charge in [0.25, 0.3) is 0 Å². The van der Waals surface area contributed by atoms with E-state index in [2.05, 4.69) is 41.2 Å². The van der Waals surface area contributed by atoms with Crippen molar-refractivity contribution >= 4 is 17.5 Å². The van der Waals surface area contributed by atoms with Crippen molar-refractivity contribution in [1.82, 2.24) is 9.97 Å². The molecule has 0 radical (unpaired) electrons. The molecule has 0 amide bonds. The van der Waals surface area contributed by atoms with Crippen molar-refractivity contribution in [1.29, 1.82) is 0 Å². The number of nitrogens with zero attached hydrogens (tertiary/aromatic N) is 1. The van der Waals surface area contributed by atoms with Crippen LogP contribution in [0.2, 0.25) is 5.15 Å². The molecule has 4 heteroatoms. The summed E-state index contributed by atoms with van der Waals surface area (Å²) in [4.78, 5) is 6.89. The van der Waals surface area contributed by atoms with Crippen LogP contribution in [0.1, 0.15) is 16.8 Å². The van der Waals surface area contributed by atoms with E-state index in [1.807, 2.05) is 0 Å². The number of halogens is 1. The van der Waals surface area contributed by atoms with Gasteiger partial charge in [0.2, 0.25) is 0 Å². The summed E-state index contributed by atoms with van der Waals surface area (Å²) in [6.07, 6.45) is 1.76. The number of nitrogens with two attached hydrogens (primary N) is 1. The van der Waals surface area contributed by atoms with Gasteiger partial charge in [0, 0.05) is 0 Å². The molecule has 0 fully saturated rings. The number of anilines is 1. The summed E-state index contributed by atoms with van der Waals surface area (Å²) in [6.45, 7) is 2.09. The van der Waals surface area contributed by atoms with Crippen molar-refractivity contribution in [2.75, 3.05) is 5.73 Å². The standard InChI is InChI=1S/C12H14ClN3/c1-8-3-2-4-9(7-8)5-6-10-11(13)16-12(14)15-10/h2-4,7H,5-6H2,1H3,(H3,14,15,16). The Morgan fingerprint density at radius 1 is 1.38 bits per heavy atom. The molecule has 0 aliphatic carbocycles. The third-order valence-corrected chi connectivity index (χ3v) is 2.81. The number of aryl methyl sites for hydroxylation is 3. The Hall–Kier alpha value is -1.48. The Kier molecular flexibility index (Phi) is 3.15. The Morgan fingerprint density at radius 2 is 2.19 bits per heavy atom. The van der Waals surface area contributed by atoms with E-state index >= 15 is 0 Å². The maximum Gasteiger partial charge on any atom is 0.199 e. The van der Waals surface area contributed by atoms with Crippen molar-refractivity contribution in [3.8, 4) is 0 Å². The highest BCUT2D eigenvalue weighted by Gasteiger charge is 2.05. The molecule has 0 spiro atoms. The summed E-state index contributed by atoms with van der Waals surface area (Å²) in [6, 6.07) is 8.44. The van der Waals surface area contributed by atoms with Gasteiger partial charge < -0.3 is 10.7 Å². The molecule has 0 unspecified atom stereocenters. The zero-order valence-electron chi connectivity index (χ0n) is 9.13. The van der Waals surface area contributed by atoms with Crippen LogP contribution in [0.5, 0.6) is 0 Å². The molecule has 84 valence electrons. The molecule has 1 aromatic heterocycles. The quantitative estimate of drug-likeness (QED) is 0.860. The summed E-state index contributed by atoms with van der Waals surface area (Å²) in [5.74, 6) is 0.379. The number of benzene rings is 1. The fourth-order valence-corrected chi connectivity index (χ4v) is 1.94. The smallest absolute Gasteiger partial charge is 0.199 e. The van der Waals surface area contributed by atoms with Gasteiger partial charge in [-0.1, -0.05) is 41.4 Å². The van der Waals surface area contributed by atoms with Gasteiger partial charge >= 0.3 is 0 Å².